The summed E-state index contributed by atoms with van der Waals surface area (Å²) in [5, 5.41) is 39.4. The largest absolute Gasteiger partial charge is 0.394 e. The van der Waals surface area contributed by atoms with E-state index in [4.69, 9.17) is 10.5 Å². The molecule has 3 heterocycles. The Morgan fingerprint density at radius 3 is 2.86 bits per heavy atom. The second-order valence-corrected chi connectivity index (χ2v) is 5.40. The van der Waals surface area contributed by atoms with Gasteiger partial charge in [0.05, 0.1) is 17.6 Å². The molecule has 2 unspecified atom stereocenters. The minimum Gasteiger partial charge on any atom is -0.394 e. The predicted molar refractivity (Wildman–Crippen MR) is 74.3 cm³/mol. The molecule has 0 aromatic carbocycles. The van der Waals surface area contributed by atoms with Crippen molar-refractivity contribution in [3.05, 3.63) is 18.1 Å². The quantitative estimate of drug-likeness (QED) is 0.545. The van der Waals surface area contributed by atoms with Crippen LogP contribution in [0.2, 0.25) is 0 Å². The third kappa shape index (κ3) is 1.86. The van der Waals surface area contributed by atoms with Crippen LogP contribution in [0.4, 0.5) is 5.82 Å². The SMILES string of the molecule is C[C@@]1(O)C(O)C(CO)O[C@H]1n1cc(C#N)c2c(N)ncnc21. The zero-order chi connectivity index (χ0) is 16.1. The van der Waals surface area contributed by atoms with Crippen molar-refractivity contribution < 1.29 is 20.1 Å². The van der Waals surface area contributed by atoms with E-state index in [0.717, 1.165) is 0 Å². The first kappa shape index (κ1) is 14.7. The number of fused-ring (bicyclic) bond motifs is 1. The van der Waals surface area contributed by atoms with Gasteiger partial charge in [0.15, 0.2) is 6.23 Å². The van der Waals surface area contributed by atoms with Gasteiger partial charge in [-0.05, 0) is 6.92 Å². The number of nitrogens with zero attached hydrogens (tertiary/aromatic N) is 4. The Morgan fingerprint density at radius 1 is 1.55 bits per heavy atom. The van der Waals surface area contributed by atoms with Gasteiger partial charge in [0, 0.05) is 6.20 Å². The highest BCUT2D eigenvalue weighted by Crippen LogP contribution is 2.40. The number of nitriles is 1. The molecule has 0 spiro atoms. The van der Waals surface area contributed by atoms with Crippen LogP contribution in [0, 0.1) is 11.3 Å². The zero-order valence-corrected chi connectivity index (χ0v) is 11.7. The lowest BCUT2D eigenvalue weighted by Crippen LogP contribution is -2.44. The molecular weight excluding hydrogens is 290 g/mol. The highest BCUT2D eigenvalue weighted by molar-refractivity contribution is 5.92. The minimum absolute atomic E-state index is 0.136. The van der Waals surface area contributed by atoms with E-state index in [1.165, 1.54) is 24.0 Å². The van der Waals surface area contributed by atoms with Gasteiger partial charge < -0.3 is 30.4 Å². The number of rotatable bonds is 2. The van der Waals surface area contributed by atoms with Crippen molar-refractivity contribution in [2.45, 2.75) is 31.0 Å². The smallest absolute Gasteiger partial charge is 0.167 e. The summed E-state index contributed by atoms with van der Waals surface area (Å²) in [4.78, 5) is 7.93. The number of aliphatic hydroxyl groups excluding tert-OH is 2. The van der Waals surface area contributed by atoms with E-state index in [0.29, 0.717) is 11.0 Å². The summed E-state index contributed by atoms with van der Waals surface area (Å²) in [6, 6.07) is 1.99. The Kier molecular flexibility index (Phi) is 3.26. The van der Waals surface area contributed by atoms with Crippen molar-refractivity contribution in [1.29, 1.82) is 5.26 Å². The Hall–Kier alpha value is -2.25. The fourth-order valence-corrected chi connectivity index (χ4v) is 2.76. The van der Waals surface area contributed by atoms with Gasteiger partial charge in [0.25, 0.3) is 0 Å². The number of nitrogens with two attached hydrogens (primary N) is 1. The molecule has 5 N–H and O–H groups in total. The van der Waals surface area contributed by atoms with E-state index in [2.05, 4.69) is 9.97 Å². The molecule has 0 radical (unpaired) electrons. The van der Waals surface area contributed by atoms with Gasteiger partial charge in [-0.2, -0.15) is 5.26 Å². The van der Waals surface area contributed by atoms with E-state index in [-0.39, 0.29) is 11.4 Å². The first-order valence-electron chi connectivity index (χ1n) is 6.59. The van der Waals surface area contributed by atoms with E-state index >= 15 is 0 Å². The van der Waals surface area contributed by atoms with E-state index in [1.54, 1.807) is 0 Å². The standard InChI is InChI=1S/C13H15N5O4/c1-13(21)9(20)7(4-19)22-12(13)18-3-6(2-14)8-10(15)16-5-17-11(8)18/h3,5,7,9,12,19-21H,4H2,1H3,(H2,15,16,17)/t7?,9?,12-,13-/m1/s1. The van der Waals surface area contributed by atoms with Gasteiger partial charge in [-0.3, -0.25) is 0 Å². The molecule has 0 aliphatic carbocycles. The van der Waals surface area contributed by atoms with Crippen molar-refractivity contribution in [2.75, 3.05) is 12.3 Å². The molecule has 2 aromatic heterocycles. The third-order valence-corrected chi connectivity index (χ3v) is 3.95. The minimum atomic E-state index is -1.67. The third-order valence-electron chi connectivity index (χ3n) is 3.95. The van der Waals surface area contributed by atoms with Gasteiger partial charge in [-0.1, -0.05) is 0 Å². The van der Waals surface area contributed by atoms with Gasteiger partial charge in [-0.15, -0.1) is 0 Å². The normalized spacial score (nSPS) is 31.5. The average Bonchev–Trinajstić information content (AvgIpc) is 2.97. The Balaban J connectivity index is 2.20. The lowest BCUT2D eigenvalue weighted by Gasteiger charge is -2.27. The highest BCUT2D eigenvalue weighted by atomic mass is 16.6. The molecule has 0 bridgehead atoms. The first-order chi connectivity index (χ1) is 10.4. The van der Waals surface area contributed by atoms with Crippen LogP contribution in [0.3, 0.4) is 0 Å². The summed E-state index contributed by atoms with van der Waals surface area (Å²) in [5.74, 6) is 0.136. The number of anilines is 1. The van der Waals surface area contributed by atoms with Crippen molar-refractivity contribution >= 4 is 16.9 Å². The van der Waals surface area contributed by atoms with Crippen molar-refractivity contribution in [3.63, 3.8) is 0 Å². The predicted octanol–water partition coefficient (Wildman–Crippen LogP) is -1.11. The highest BCUT2D eigenvalue weighted by Gasteiger charge is 2.53. The summed E-state index contributed by atoms with van der Waals surface area (Å²) in [5.41, 5.74) is 4.65. The van der Waals surface area contributed by atoms with Crippen LogP contribution >= 0.6 is 0 Å². The molecule has 3 rings (SSSR count). The van der Waals surface area contributed by atoms with Gasteiger partial charge in [0.2, 0.25) is 0 Å². The summed E-state index contributed by atoms with van der Waals surface area (Å²) in [6.45, 7) is 0.940. The van der Waals surface area contributed by atoms with Crippen LogP contribution in [0.15, 0.2) is 12.5 Å². The fourth-order valence-electron chi connectivity index (χ4n) is 2.76. The Morgan fingerprint density at radius 2 is 2.27 bits per heavy atom. The maximum atomic E-state index is 10.5. The van der Waals surface area contributed by atoms with Crippen LogP contribution in [-0.2, 0) is 4.74 Å². The molecule has 22 heavy (non-hydrogen) atoms. The molecule has 1 fully saturated rings. The fraction of sp³-hybridized carbons (Fsp3) is 0.462. The molecular formula is C13H15N5O4. The molecule has 1 aliphatic heterocycles. The van der Waals surface area contributed by atoms with Gasteiger partial charge in [-0.25, -0.2) is 9.97 Å². The van der Waals surface area contributed by atoms with Crippen molar-refractivity contribution in [3.8, 4) is 6.07 Å². The number of nitrogen functional groups attached to an aromatic ring is 1. The Labute approximate surface area is 125 Å². The second-order valence-electron chi connectivity index (χ2n) is 5.40. The molecule has 116 valence electrons. The molecule has 4 atom stereocenters. The summed E-state index contributed by atoms with van der Waals surface area (Å²) in [6.07, 6.45) is -0.592. The monoisotopic (exact) mass is 305 g/mol. The molecule has 1 saturated heterocycles. The summed E-state index contributed by atoms with van der Waals surface area (Å²) >= 11 is 0. The van der Waals surface area contributed by atoms with Crippen LogP contribution in [0.1, 0.15) is 18.7 Å². The van der Waals surface area contributed by atoms with Crippen molar-refractivity contribution in [1.82, 2.24) is 14.5 Å². The number of aromatic nitrogens is 3. The number of ether oxygens (including phenoxy) is 1. The molecule has 2 aromatic rings. The molecule has 9 nitrogen and oxygen atoms in total. The average molecular weight is 305 g/mol. The molecule has 9 heteroatoms. The lowest BCUT2D eigenvalue weighted by molar-refractivity contribution is -0.0948. The van der Waals surface area contributed by atoms with Crippen LogP contribution in [0.5, 0.6) is 0 Å². The van der Waals surface area contributed by atoms with Crippen LogP contribution in [0.25, 0.3) is 11.0 Å². The van der Waals surface area contributed by atoms with Crippen LogP contribution in [-0.4, -0.2) is 54.3 Å². The van der Waals surface area contributed by atoms with Crippen LogP contribution < -0.4 is 5.73 Å². The zero-order valence-electron chi connectivity index (χ0n) is 11.7. The van der Waals surface area contributed by atoms with E-state index < -0.39 is 30.6 Å². The second kappa shape index (κ2) is 4.89. The van der Waals surface area contributed by atoms with Gasteiger partial charge >= 0.3 is 0 Å². The van der Waals surface area contributed by atoms with E-state index in [9.17, 15) is 20.6 Å². The van der Waals surface area contributed by atoms with Gasteiger partial charge in [0.1, 0.15) is 41.7 Å². The molecule has 0 amide bonds. The number of hydrogen-bond acceptors (Lipinski definition) is 8. The summed E-state index contributed by atoms with van der Waals surface area (Å²) in [7, 11) is 0. The van der Waals surface area contributed by atoms with E-state index in [1.807, 2.05) is 6.07 Å². The maximum absolute atomic E-state index is 10.5. The van der Waals surface area contributed by atoms with Crippen molar-refractivity contribution in [2.24, 2.45) is 0 Å². The summed E-state index contributed by atoms with van der Waals surface area (Å²) < 4.78 is 6.95. The molecule has 0 saturated carbocycles. The number of aliphatic hydroxyl groups is 3. The maximum Gasteiger partial charge on any atom is 0.167 e. The first-order valence-corrected chi connectivity index (χ1v) is 6.59. The number of hydrogen-bond donors (Lipinski definition) is 4. The Bertz CT molecular complexity index is 766. The topological polar surface area (TPSA) is 150 Å². The lowest BCUT2D eigenvalue weighted by atomic mass is 9.96. The molecule has 1 aliphatic rings.